The fourth-order valence-electron chi connectivity index (χ4n) is 1.21. The van der Waals surface area contributed by atoms with Crippen molar-refractivity contribution in [3.63, 3.8) is 0 Å². The molecule has 1 heterocycles. The Morgan fingerprint density at radius 1 is 1.11 bits per heavy atom. The van der Waals surface area contributed by atoms with E-state index in [0.29, 0.717) is 0 Å². The van der Waals surface area contributed by atoms with E-state index in [-0.39, 0.29) is 10.7 Å². The van der Waals surface area contributed by atoms with Crippen LogP contribution in [-0.4, -0.2) is 17.4 Å². The Balaban J connectivity index is 2.54. The Kier molecular flexibility index (Phi) is 2.96. The average molecular weight is 300 g/mol. The molecule has 0 spiro atoms. The van der Waals surface area contributed by atoms with Gasteiger partial charge in [-0.3, -0.25) is 0 Å². The van der Waals surface area contributed by atoms with Crippen molar-refractivity contribution in [2.45, 2.75) is 12.2 Å². The second-order valence-electron chi connectivity index (χ2n) is 3.19. The quantitative estimate of drug-likeness (QED) is 0.445. The van der Waals surface area contributed by atoms with Gasteiger partial charge in [-0.2, -0.15) is 22.6 Å². The molecule has 0 aliphatic carbocycles. The van der Waals surface area contributed by atoms with Crippen molar-refractivity contribution in [2.75, 3.05) is 0 Å². The van der Waals surface area contributed by atoms with Crippen LogP contribution in [0.4, 0.5) is 23.2 Å². The molecular weight excluding hydrogens is 298 g/mol. The molecule has 1 aromatic carbocycles. The number of hydrogen-bond acceptors (Lipinski definition) is 4. The number of aliphatic imine (C=N–C) groups is 1. The van der Waals surface area contributed by atoms with Crippen LogP contribution in [0, 0.1) is 0 Å². The Morgan fingerprint density at radius 3 is 2.11 bits per heavy atom. The van der Waals surface area contributed by atoms with E-state index >= 15 is 0 Å². The van der Waals surface area contributed by atoms with Crippen LogP contribution in [0.5, 0.6) is 11.5 Å². The van der Waals surface area contributed by atoms with Gasteiger partial charge in [0.15, 0.2) is 11.5 Å². The lowest BCUT2D eigenvalue weighted by atomic mass is 10.2. The van der Waals surface area contributed by atoms with Gasteiger partial charge in [-0.25, -0.2) is 0 Å². The van der Waals surface area contributed by atoms with Gasteiger partial charge >= 0.3 is 12.2 Å². The second kappa shape index (κ2) is 4.08. The summed E-state index contributed by atoms with van der Waals surface area (Å²) in [5.41, 5.74) is -0.0463. The van der Waals surface area contributed by atoms with Crippen molar-refractivity contribution < 1.29 is 27.0 Å². The van der Waals surface area contributed by atoms with Crippen molar-refractivity contribution in [2.24, 2.45) is 4.99 Å². The zero-order valence-corrected chi connectivity index (χ0v) is 9.79. The summed E-state index contributed by atoms with van der Waals surface area (Å²) in [4.78, 5) is 3.46. The van der Waals surface area contributed by atoms with E-state index in [9.17, 15) is 17.6 Å². The molecule has 1 aliphatic rings. The van der Waals surface area contributed by atoms with Crippen LogP contribution in [0.1, 0.15) is 0 Å². The van der Waals surface area contributed by atoms with Crippen LogP contribution in [0.2, 0.25) is 5.02 Å². The zero-order chi connectivity index (χ0) is 13.6. The van der Waals surface area contributed by atoms with Crippen LogP contribution in [0.25, 0.3) is 0 Å². The van der Waals surface area contributed by atoms with Gasteiger partial charge < -0.3 is 9.47 Å². The average Bonchev–Trinajstić information content (AvgIpc) is 2.22. The van der Waals surface area contributed by atoms with Gasteiger partial charge in [-0.1, -0.05) is 11.6 Å². The Bertz CT molecular complexity index is 560. The summed E-state index contributed by atoms with van der Waals surface area (Å²) in [5, 5.41) is 1.85. The van der Waals surface area contributed by atoms with Gasteiger partial charge in [0, 0.05) is 12.1 Å². The maximum Gasteiger partial charge on any atom is 0.507 e. The summed E-state index contributed by atoms with van der Waals surface area (Å²) in [6.07, 6.45) is -9.56. The molecule has 0 fully saturated rings. The summed E-state index contributed by atoms with van der Waals surface area (Å²) in [6.45, 7) is 0. The minimum absolute atomic E-state index is 0.0463. The van der Waals surface area contributed by atoms with Crippen LogP contribution in [0.15, 0.2) is 17.1 Å². The molecule has 3 nitrogen and oxygen atoms in total. The number of halogens is 5. The van der Waals surface area contributed by atoms with Gasteiger partial charge in [-0.15, -0.1) is 0 Å². The number of rotatable bonds is 1. The van der Waals surface area contributed by atoms with Crippen molar-refractivity contribution in [3.05, 3.63) is 17.2 Å². The Hall–Kier alpha value is -1.37. The highest BCUT2D eigenvalue weighted by atomic mass is 35.5. The molecule has 0 saturated heterocycles. The molecule has 96 valence electrons. The minimum atomic E-state index is -4.79. The summed E-state index contributed by atoms with van der Waals surface area (Å²) >= 11 is 9.97. The van der Waals surface area contributed by atoms with Crippen LogP contribution < -0.4 is 9.47 Å². The lowest BCUT2D eigenvalue weighted by Gasteiger charge is -2.31. The lowest BCUT2D eigenvalue weighted by molar-refractivity contribution is -0.391. The highest BCUT2D eigenvalue weighted by molar-refractivity contribution is 7.78. The molecule has 0 N–H and O–H groups in total. The predicted octanol–water partition coefficient (Wildman–Crippen LogP) is 4.03. The molecular formula is C9H2ClF4NO2S. The number of ether oxygens (including phenoxy) is 2. The van der Waals surface area contributed by atoms with E-state index in [1.165, 1.54) is 0 Å². The van der Waals surface area contributed by atoms with Gasteiger partial charge in [0.05, 0.1) is 15.9 Å². The SMILES string of the molecule is FC1(F)Oc2cc(Cl)c(N=C=S)cc2OC1(F)F. The predicted molar refractivity (Wildman–Crippen MR) is 57.3 cm³/mol. The molecule has 0 bridgehead atoms. The molecule has 0 saturated carbocycles. The molecule has 0 aromatic heterocycles. The molecule has 1 aromatic rings. The van der Waals surface area contributed by atoms with E-state index in [0.717, 1.165) is 12.1 Å². The van der Waals surface area contributed by atoms with Crippen molar-refractivity contribution >= 4 is 34.7 Å². The van der Waals surface area contributed by atoms with E-state index in [4.69, 9.17) is 11.6 Å². The molecule has 0 radical (unpaired) electrons. The maximum atomic E-state index is 12.9. The molecule has 1 aliphatic heterocycles. The Morgan fingerprint density at radius 2 is 1.61 bits per heavy atom. The molecule has 0 amide bonds. The Labute approximate surface area is 108 Å². The zero-order valence-electron chi connectivity index (χ0n) is 8.22. The minimum Gasteiger partial charge on any atom is -0.421 e. The third kappa shape index (κ3) is 2.03. The van der Waals surface area contributed by atoms with E-state index in [1.54, 1.807) is 0 Å². The maximum absolute atomic E-state index is 12.9. The molecule has 0 atom stereocenters. The number of hydrogen-bond donors (Lipinski definition) is 0. The number of alkyl halides is 4. The first-order valence-corrected chi connectivity index (χ1v) is 5.10. The van der Waals surface area contributed by atoms with Gasteiger partial charge in [0.1, 0.15) is 0 Å². The standard InChI is InChI=1S/C9H2ClF4NO2S/c10-4-1-6-7(2-5(4)15-3-18)17-9(13,14)8(11,12)16-6/h1-2H. The molecule has 0 unspecified atom stereocenters. The fourth-order valence-corrected chi connectivity index (χ4v) is 1.51. The third-order valence-corrected chi connectivity index (χ3v) is 2.39. The smallest absolute Gasteiger partial charge is 0.421 e. The van der Waals surface area contributed by atoms with E-state index in [2.05, 4.69) is 26.7 Å². The second-order valence-corrected chi connectivity index (χ2v) is 3.78. The topological polar surface area (TPSA) is 30.8 Å². The highest BCUT2D eigenvalue weighted by Gasteiger charge is 2.66. The van der Waals surface area contributed by atoms with Crippen molar-refractivity contribution in [1.29, 1.82) is 0 Å². The first-order chi connectivity index (χ1) is 8.27. The largest absolute Gasteiger partial charge is 0.507 e. The fraction of sp³-hybridized carbons (Fsp3) is 0.222. The van der Waals surface area contributed by atoms with E-state index < -0.39 is 23.7 Å². The highest BCUT2D eigenvalue weighted by Crippen LogP contribution is 2.49. The van der Waals surface area contributed by atoms with Crippen molar-refractivity contribution in [3.8, 4) is 11.5 Å². The van der Waals surface area contributed by atoms with E-state index in [1.807, 2.05) is 5.16 Å². The molecule has 9 heteroatoms. The molecule has 18 heavy (non-hydrogen) atoms. The number of thiocarbonyl (C=S) groups is 1. The van der Waals surface area contributed by atoms with Crippen LogP contribution in [0.3, 0.4) is 0 Å². The van der Waals surface area contributed by atoms with Gasteiger partial charge in [-0.05, 0) is 12.2 Å². The first kappa shape index (κ1) is 13.1. The first-order valence-electron chi connectivity index (χ1n) is 4.32. The summed E-state index contributed by atoms with van der Waals surface area (Å²) < 4.78 is 59.2. The summed E-state index contributed by atoms with van der Waals surface area (Å²) in [5.74, 6) is -1.22. The summed E-state index contributed by atoms with van der Waals surface area (Å²) in [7, 11) is 0. The number of isothiocyanates is 1. The number of benzene rings is 1. The number of nitrogens with zero attached hydrogens (tertiary/aromatic N) is 1. The van der Waals surface area contributed by atoms with Gasteiger partial charge in [0.2, 0.25) is 0 Å². The lowest BCUT2D eigenvalue weighted by Crippen LogP contribution is -2.52. The monoisotopic (exact) mass is 299 g/mol. The third-order valence-electron chi connectivity index (χ3n) is 1.99. The molecule has 2 rings (SSSR count). The summed E-state index contributed by atoms with van der Waals surface area (Å²) in [6, 6.07) is 1.78. The number of fused-ring (bicyclic) bond motifs is 1. The van der Waals surface area contributed by atoms with Crippen molar-refractivity contribution in [1.82, 2.24) is 0 Å². The normalized spacial score (nSPS) is 18.9. The van der Waals surface area contributed by atoms with Crippen LogP contribution >= 0.6 is 23.8 Å². The van der Waals surface area contributed by atoms with Crippen LogP contribution in [-0.2, 0) is 0 Å². The van der Waals surface area contributed by atoms with Gasteiger partial charge in [0.25, 0.3) is 0 Å².